The van der Waals surface area contributed by atoms with Crippen LogP contribution in [0.15, 0.2) is 18.2 Å². The van der Waals surface area contributed by atoms with E-state index in [1.165, 1.54) is 0 Å². The number of carbonyl (C=O) groups excluding carboxylic acids is 1. The van der Waals surface area contributed by atoms with E-state index < -0.39 is 0 Å². The summed E-state index contributed by atoms with van der Waals surface area (Å²) in [6.07, 6.45) is 1.60. The molecule has 3 heteroatoms. The molecule has 0 spiro atoms. The molecule has 0 bridgehead atoms. The topological polar surface area (TPSA) is 35.5 Å². The maximum absolute atomic E-state index is 10.9. The molecule has 0 heterocycles. The number of ether oxygens (including phenoxy) is 2. The molecule has 0 aliphatic carbocycles. The second-order valence-corrected chi connectivity index (χ2v) is 4.67. The van der Waals surface area contributed by atoms with Crippen LogP contribution in [0, 0.1) is 6.92 Å². The predicted molar refractivity (Wildman–Crippen MR) is 67.8 cm³/mol. The van der Waals surface area contributed by atoms with E-state index in [9.17, 15) is 4.79 Å². The zero-order valence-electron chi connectivity index (χ0n) is 10.9. The number of para-hydroxylation sites is 1. The molecule has 0 aliphatic rings. The van der Waals surface area contributed by atoms with Crippen molar-refractivity contribution in [2.24, 2.45) is 0 Å². The third-order valence-electron chi connectivity index (χ3n) is 2.87. The first kappa shape index (κ1) is 13.7. The lowest BCUT2D eigenvalue weighted by Crippen LogP contribution is -2.25. The van der Waals surface area contributed by atoms with Crippen molar-refractivity contribution in [3.63, 3.8) is 0 Å². The van der Waals surface area contributed by atoms with Gasteiger partial charge in [0.15, 0.2) is 6.29 Å². The van der Waals surface area contributed by atoms with Crippen molar-refractivity contribution in [2.45, 2.75) is 32.8 Å². The minimum Gasteiger partial charge on any atom is -0.492 e. The molecule has 0 amide bonds. The van der Waals surface area contributed by atoms with Crippen LogP contribution in [-0.2, 0) is 4.74 Å². The molecule has 1 aromatic rings. The normalized spacial score (nSPS) is 11.3. The average Bonchev–Trinajstić information content (AvgIpc) is 2.31. The molecular weight excluding hydrogens is 216 g/mol. The molecule has 0 atom stereocenters. The monoisotopic (exact) mass is 236 g/mol. The van der Waals surface area contributed by atoms with Crippen LogP contribution in [0.1, 0.15) is 36.2 Å². The number of carbonyl (C=O) groups is 1. The number of benzene rings is 1. The Labute approximate surface area is 103 Å². The minimum atomic E-state index is -0.204. The van der Waals surface area contributed by atoms with Crippen molar-refractivity contribution in [2.75, 3.05) is 13.7 Å². The summed E-state index contributed by atoms with van der Waals surface area (Å²) in [5, 5.41) is 0. The molecule has 0 unspecified atom stereocenters. The van der Waals surface area contributed by atoms with E-state index in [1.807, 2.05) is 32.9 Å². The number of hydrogen-bond acceptors (Lipinski definition) is 3. The van der Waals surface area contributed by atoms with Gasteiger partial charge in [-0.3, -0.25) is 4.79 Å². The highest BCUT2D eigenvalue weighted by Gasteiger charge is 2.16. The second-order valence-electron chi connectivity index (χ2n) is 4.67. The Morgan fingerprint density at radius 2 is 2.06 bits per heavy atom. The van der Waals surface area contributed by atoms with Crippen molar-refractivity contribution in [1.29, 1.82) is 0 Å². The van der Waals surface area contributed by atoms with Gasteiger partial charge in [-0.1, -0.05) is 12.1 Å². The van der Waals surface area contributed by atoms with Crippen LogP contribution >= 0.6 is 0 Å². The molecule has 1 aromatic carbocycles. The lowest BCUT2D eigenvalue weighted by molar-refractivity contribution is 0.00536. The van der Waals surface area contributed by atoms with Gasteiger partial charge in [0.2, 0.25) is 0 Å². The Kier molecular flexibility index (Phi) is 4.70. The molecule has 0 aromatic heterocycles. The fourth-order valence-corrected chi connectivity index (χ4v) is 1.47. The standard InChI is InChI=1S/C14H20O3/c1-11-6-5-7-12(10-15)13(11)17-9-8-14(2,3)16-4/h5-7,10H,8-9H2,1-4H3. The van der Waals surface area contributed by atoms with Crippen LogP contribution in [0.2, 0.25) is 0 Å². The highest BCUT2D eigenvalue weighted by molar-refractivity contribution is 5.80. The van der Waals surface area contributed by atoms with Gasteiger partial charge in [-0.25, -0.2) is 0 Å². The summed E-state index contributed by atoms with van der Waals surface area (Å²) in [5.41, 5.74) is 1.37. The van der Waals surface area contributed by atoms with E-state index in [4.69, 9.17) is 9.47 Å². The van der Waals surface area contributed by atoms with Crippen LogP contribution in [-0.4, -0.2) is 25.6 Å². The fraction of sp³-hybridized carbons (Fsp3) is 0.500. The van der Waals surface area contributed by atoms with E-state index in [2.05, 4.69) is 0 Å². The van der Waals surface area contributed by atoms with Crippen molar-refractivity contribution in [3.8, 4) is 5.75 Å². The van der Waals surface area contributed by atoms with Crippen LogP contribution in [0.4, 0.5) is 0 Å². The molecule has 1 rings (SSSR count). The van der Waals surface area contributed by atoms with Crippen LogP contribution < -0.4 is 4.74 Å². The van der Waals surface area contributed by atoms with Gasteiger partial charge in [0, 0.05) is 13.5 Å². The van der Waals surface area contributed by atoms with Gasteiger partial charge in [-0.05, 0) is 32.4 Å². The summed E-state index contributed by atoms with van der Waals surface area (Å²) in [6, 6.07) is 5.55. The Bertz CT molecular complexity index is 383. The molecular formula is C14H20O3. The van der Waals surface area contributed by atoms with E-state index in [1.54, 1.807) is 13.2 Å². The van der Waals surface area contributed by atoms with E-state index in [0.717, 1.165) is 18.3 Å². The zero-order chi connectivity index (χ0) is 12.9. The summed E-state index contributed by atoms with van der Waals surface area (Å²) in [4.78, 5) is 10.9. The lowest BCUT2D eigenvalue weighted by Gasteiger charge is -2.23. The Morgan fingerprint density at radius 1 is 1.35 bits per heavy atom. The molecule has 94 valence electrons. The average molecular weight is 236 g/mol. The molecule has 0 fully saturated rings. The first-order valence-corrected chi connectivity index (χ1v) is 5.73. The SMILES string of the molecule is COC(C)(C)CCOc1c(C)cccc1C=O. The Morgan fingerprint density at radius 3 is 2.65 bits per heavy atom. The smallest absolute Gasteiger partial charge is 0.153 e. The Hall–Kier alpha value is -1.35. The summed E-state index contributed by atoms with van der Waals surface area (Å²) in [5.74, 6) is 0.675. The first-order chi connectivity index (χ1) is 8.00. The van der Waals surface area contributed by atoms with Crippen molar-refractivity contribution >= 4 is 6.29 Å². The molecule has 17 heavy (non-hydrogen) atoms. The number of aldehydes is 1. The maximum Gasteiger partial charge on any atom is 0.153 e. The van der Waals surface area contributed by atoms with Crippen molar-refractivity contribution < 1.29 is 14.3 Å². The summed E-state index contributed by atoms with van der Waals surface area (Å²) in [7, 11) is 1.69. The molecule has 0 saturated carbocycles. The predicted octanol–water partition coefficient (Wildman–Crippen LogP) is 3.00. The van der Waals surface area contributed by atoms with Gasteiger partial charge in [-0.2, -0.15) is 0 Å². The van der Waals surface area contributed by atoms with Crippen LogP contribution in [0.25, 0.3) is 0 Å². The second kappa shape index (κ2) is 5.82. The minimum absolute atomic E-state index is 0.204. The number of rotatable bonds is 6. The fourth-order valence-electron chi connectivity index (χ4n) is 1.47. The molecule has 0 saturated heterocycles. The van der Waals surface area contributed by atoms with Gasteiger partial charge in [0.1, 0.15) is 5.75 Å². The van der Waals surface area contributed by atoms with E-state index in [0.29, 0.717) is 17.9 Å². The maximum atomic E-state index is 10.9. The summed E-state index contributed by atoms with van der Waals surface area (Å²) in [6.45, 7) is 6.49. The number of methoxy groups -OCH3 is 1. The largest absolute Gasteiger partial charge is 0.492 e. The van der Waals surface area contributed by atoms with Crippen molar-refractivity contribution in [1.82, 2.24) is 0 Å². The third-order valence-corrected chi connectivity index (χ3v) is 2.87. The molecule has 0 radical (unpaired) electrons. The number of aryl methyl sites for hydroxylation is 1. The van der Waals surface area contributed by atoms with E-state index >= 15 is 0 Å². The van der Waals surface area contributed by atoms with Gasteiger partial charge in [-0.15, -0.1) is 0 Å². The molecule has 0 aliphatic heterocycles. The first-order valence-electron chi connectivity index (χ1n) is 5.73. The highest BCUT2D eigenvalue weighted by Crippen LogP contribution is 2.23. The Balaban J connectivity index is 2.66. The van der Waals surface area contributed by atoms with Crippen molar-refractivity contribution in [3.05, 3.63) is 29.3 Å². The van der Waals surface area contributed by atoms with Gasteiger partial charge < -0.3 is 9.47 Å². The summed E-state index contributed by atoms with van der Waals surface area (Å²) >= 11 is 0. The van der Waals surface area contributed by atoms with E-state index in [-0.39, 0.29) is 5.60 Å². The molecule has 3 nitrogen and oxygen atoms in total. The highest BCUT2D eigenvalue weighted by atomic mass is 16.5. The summed E-state index contributed by atoms with van der Waals surface area (Å²) < 4.78 is 11.0. The quantitative estimate of drug-likeness (QED) is 0.712. The molecule has 0 N–H and O–H groups in total. The van der Waals surface area contributed by atoms with Gasteiger partial charge in [0.05, 0.1) is 17.8 Å². The zero-order valence-corrected chi connectivity index (χ0v) is 10.9. The third kappa shape index (κ3) is 3.86. The van der Waals surface area contributed by atoms with Crippen LogP contribution in [0.3, 0.4) is 0 Å². The number of hydrogen-bond donors (Lipinski definition) is 0. The van der Waals surface area contributed by atoms with Gasteiger partial charge >= 0.3 is 0 Å². The van der Waals surface area contributed by atoms with Gasteiger partial charge in [0.25, 0.3) is 0 Å². The van der Waals surface area contributed by atoms with Crippen LogP contribution in [0.5, 0.6) is 5.75 Å². The lowest BCUT2D eigenvalue weighted by atomic mass is 10.1.